The Hall–Kier alpha value is 0.170. The molecule has 0 unspecified atom stereocenters. The zero-order chi connectivity index (χ0) is 22.9. The van der Waals surface area contributed by atoms with E-state index in [0.29, 0.717) is 0 Å². The van der Waals surface area contributed by atoms with E-state index in [2.05, 4.69) is 39.8 Å². The Morgan fingerprint density at radius 2 is 0.677 bits per heavy atom. The number of allylic oxidation sites excluding steroid dienone is 2. The van der Waals surface area contributed by atoms with Crippen molar-refractivity contribution in [3.8, 4) is 0 Å². The number of rotatable bonds is 25. The van der Waals surface area contributed by atoms with Crippen molar-refractivity contribution in [1.29, 1.82) is 0 Å². The van der Waals surface area contributed by atoms with Crippen LogP contribution in [-0.2, 0) is 0 Å². The first-order valence-electron chi connectivity index (χ1n) is 14.9. The summed E-state index contributed by atoms with van der Waals surface area (Å²) in [6.45, 7) is 9.47. The van der Waals surface area contributed by atoms with Crippen LogP contribution in [0.3, 0.4) is 0 Å². The first-order chi connectivity index (χ1) is 15.2. The average Bonchev–Trinajstić information content (AvgIpc) is 2.79. The second-order valence-electron chi connectivity index (χ2n) is 10.5. The van der Waals surface area contributed by atoms with Gasteiger partial charge in [0.15, 0.2) is 0 Å². The molecule has 0 heterocycles. The summed E-state index contributed by atoms with van der Waals surface area (Å²) in [5.41, 5.74) is 0. The van der Waals surface area contributed by atoms with Gasteiger partial charge in [-0.2, -0.15) is 0 Å². The number of unbranched alkanes of at least 4 members (excludes halogenated alkanes) is 15. The molecule has 0 atom stereocenters. The van der Waals surface area contributed by atoms with E-state index in [1.165, 1.54) is 122 Å². The van der Waals surface area contributed by atoms with Gasteiger partial charge in [0.1, 0.15) is 0 Å². The third-order valence-electron chi connectivity index (χ3n) is 7.40. The van der Waals surface area contributed by atoms with E-state index in [9.17, 15) is 0 Å². The van der Waals surface area contributed by atoms with Crippen LogP contribution in [0.25, 0.3) is 0 Å². The van der Waals surface area contributed by atoms with Crippen LogP contribution in [0.1, 0.15) is 156 Å². The summed E-state index contributed by atoms with van der Waals surface area (Å²) >= 11 is 0. The Kier molecular flexibility index (Phi) is 24.9. The van der Waals surface area contributed by atoms with Crippen molar-refractivity contribution in [3.05, 3.63) is 12.2 Å². The first-order valence-corrected chi connectivity index (χ1v) is 17.7. The van der Waals surface area contributed by atoms with Crippen LogP contribution in [0.4, 0.5) is 0 Å². The monoisotopic (exact) mass is 454 g/mol. The minimum atomic E-state index is -0.975. The number of hydrogen-bond acceptors (Lipinski definition) is 0. The molecular weight excluding hydrogens is 391 g/mol. The van der Waals surface area contributed by atoms with E-state index >= 15 is 0 Å². The van der Waals surface area contributed by atoms with Crippen LogP contribution in [0, 0.1) is 0 Å². The van der Waals surface area contributed by atoms with Crippen LogP contribution in [-0.4, -0.2) is 24.6 Å². The molecular formula is C30H63P. The average molecular weight is 455 g/mol. The van der Waals surface area contributed by atoms with Crippen LogP contribution >= 0.6 is 7.26 Å². The molecule has 0 aromatic rings. The zero-order valence-corrected chi connectivity index (χ0v) is 23.6. The molecule has 0 nitrogen and oxygen atoms in total. The van der Waals surface area contributed by atoms with Crippen LogP contribution in [0.2, 0.25) is 0 Å². The van der Waals surface area contributed by atoms with Crippen LogP contribution in [0.5, 0.6) is 0 Å². The third kappa shape index (κ3) is 20.5. The van der Waals surface area contributed by atoms with Crippen molar-refractivity contribution in [2.45, 2.75) is 156 Å². The second-order valence-corrected chi connectivity index (χ2v) is 15.5. The third-order valence-corrected chi connectivity index (χ3v) is 13.1. The molecule has 0 bridgehead atoms. The molecule has 0 fully saturated rings. The van der Waals surface area contributed by atoms with Crippen molar-refractivity contribution in [2.24, 2.45) is 0 Å². The van der Waals surface area contributed by atoms with Gasteiger partial charge in [-0.25, -0.2) is 0 Å². The molecule has 188 valence electrons. The molecule has 0 aliphatic heterocycles. The maximum atomic E-state index is 2.46. The molecule has 0 aliphatic rings. The van der Waals surface area contributed by atoms with Gasteiger partial charge in [-0.3, -0.25) is 0 Å². The molecule has 0 rings (SSSR count). The normalized spacial score (nSPS) is 12.8. The molecule has 0 amide bonds. The molecule has 31 heavy (non-hydrogen) atoms. The molecule has 0 aromatic heterocycles. The van der Waals surface area contributed by atoms with Crippen LogP contribution < -0.4 is 0 Å². The summed E-state index contributed by atoms with van der Waals surface area (Å²) in [6, 6.07) is 0. The fourth-order valence-electron chi connectivity index (χ4n) is 5.15. The van der Waals surface area contributed by atoms with Crippen molar-refractivity contribution in [3.63, 3.8) is 0 Å². The predicted octanol–water partition coefficient (Wildman–Crippen LogP) is 11.2. The predicted molar refractivity (Wildman–Crippen MR) is 152 cm³/mol. The molecule has 0 N–H and O–H groups in total. The molecule has 0 radical (unpaired) electrons. The summed E-state index contributed by atoms with van der Waals surface area (Å²) in [4.78, 5) is 0. The Morgan fingerprint density at radius 1 is 0.355 bits per heavy atom. The fraction of sp³-hybridized carbons (Fsp3) is 0.933. The Bertz CT molecular complexity index is 338. The van der Waals surface area contributed by atoms with E-state index in [1.807, 2.05) is 0 Å². The van der Waals surface area contributed by atoms with Gasteiger partial charge in [-0.1, -0.05) is 39.0 Å². The Balaban J connectivity index is 3.80. The molecule has 0 aromatic carbocycles. The zero-order valence-electron chi connectivity index (χ0n) is 22.6. The Morgan fingerprint density at radius 3 is 1.10 bits per heavy atom. The maximum absolute atomic E-state index is 2.46. The van der Waals surface area contributed by atoms with Crippen molar-refractivity contribution in [1.82, 2.24) is 0 Å². The fourth-order valence-corrected chi connectivity index (χ4v) is 11.0. The van der Waals surface area contributed by atoms with Gasteiger partial charge in [0.25, 0.3) is 0 Å². The first kappa shape index (κ1) is 31.2. The van der Waals surface area contributed by atoms with Gasteiger partial charge in [0, 0.05) is 0 Å². The Labute approximate surface area is 200 Å². The summed E-state index contributed by atoms with van der Waals surface area (Å²) in [5, 5.41) is 0. The minimum absolute atomic E-state index is 0.975. The van der Waals surface area contributed by atoms with Gasteiger partial charge < -0.3 is 0 Å². The van der Waals surface area contributed by atoms with E-state index in [0.717, 1.165) is 0 Å². The van der Waals surface area contributed by atoms with E-state index in [1.54, 1.807) is 31.1 Å². The van der Waals surface area contributed by atoms with Crippen molar-refractivity contribution >= 4 is 7.26 Å². The van der Waals surface area contributed by atoms with Gasteiger partial charge in [-0.15, -0.1) is 0 Å². The topological polar surface area (TPSA) is 0 Å². The molecule has 0 spiro atoms. The van der Waals surface area contributed by atoms with E-state index < -0.39 is 7.26 Å². The molecule has 1 heteroatoms. The summed E-state index contributed by atoms with van der Waals surface area (Å²) in [5.74, 6) is 0. The molecule has 0 saturated heterocycles. The van der Waals surface area contributed by atoms with Gasteiger partial charge in [0.05, 0.1) is 0 Å². The van der Waals surface area contributed by atoms with Crippen molar-refractivity contribution in [2.75, 3.05) is 24.6 Å². The second kappa shape index (κ2) is 24.8. The van der Waals surface area contributed by atoms with Gasteiger partial charge in [0.2, 0.25) is 0 Å². The van der Waals surface area contributed by atoms with Gasteiger partial charge in [-0.05, 0) is 0 Å². The summed E-state index contributed by atoms with van der Waals surface area (Å²) in [7, 11) is -0.975. The van der Waals surface area contributed by atoms with Gasteiger partial charge >= 0.3 is 161 Å². The molecule has 0 saturated carbocycles. The standard InChI is InChI=1S/C30H63P/c1-5-9-13-14-15-16-17-18-19-20-21-22-23-24-25-26-30-31(27-10-6-2,28-11-7-3)29-12-8-4/h18-19,31H,5-17,20-30H2,1-4H3/b19-18+. The van der Waals surface area contributed by atoms with Crippen LogP contribution in [0.15, 0.2) is 12.2 Å². The summed E-state index contributed by atoms with van der Waals surface area (Å²) in [6.07, 6.45) is 40.2. The van der Waals surface area contributed by atoms with E-state index in [-0.39, 0.29) is 0 Å². The molecule has 0 aliphatic carbocycles. The van der Waals surface area contributed by atoms with Crippen molar-refractivity contribution < 1.29 is 0 Å². The van der Waals surface area contributed by atoms with E-state index in [4.69, 9.17) is 0 Å². The summed E-state index contributed by atoms with van der Waals surface area (Å²) < 4.78 is 0. The quantitative estimate of drug-likeness (QED) is 0.0730. The number of hydrogen-bond donors (Lipinski definition) is 0. The SMILES string of the molecule is CCCCCCCC/C=C/CCCCCCCC[PH](CCCC)(CCCC)CCCC.